The van der Waals surface area contributed by atoms with E-state index in [1.165, 1.54) is 24.0 Å². The van der Waals surface area contributed by atoms with Crippen LogP contribution in [0, 0.1) is 0 Å². The number of rotatable bonds is 5. The maximum absolute atomic E-state index is 11.5. The molecule has 0 aliphatic carbocycles. The number of nitrogens with zero attached hydrogens (tertiary/aromatic N) is 2. The van der Waals surface area contributed by atoms with Crippen molar-refractivity contribution in [3.63, 3.8) is 0 Å². The number of carboxylic acids is 1. The highest BCUT2D eigenvalue weighted by atomic mass is 32.2. The van der Waals surface area contributed by atoms with Crippen LogP contribution in [-0.4, -0.2) is 26.8 Å². The number of aromatic carboxylic acids is 1. The fraction of sp³-hybridized carbons (Fsp3) is 0.143. The molecule has 1 N–H and O–H groups in total. The molecule has 0 saturated heterocycles. The number of hydrogen-bond donors (Lipinski definition) is 1. The standard InChI is InChI=1S/C14H12N2O3S/c1-2-12(17)11-6-5-9(8-16-11)20-13-10(14(18)19)4-3-7-15-13/h3-8H,2H2,1H3,(H,18,19). The Balaban J connectivity index is 2.23. The minimum Gasteiger partial charge on any atom is -0.478 e. The maximum atomic E-state index is 11.5. The van der Waals surface area contributed by atoms with Gasteiger partial charge in [-0.05, 0) is 24.3 Å². The number of carbonyl (C=O) groups is 2. The van der Waals surface area contributed by atoms with E-state index in [1.54, 1.807) is 31.3 Å². The first-order valence-corrected chi connectivity index (χ1v) is 6.79. The van der Waals surface area contributed by atoms with Gasteiger partial charge in [-0.15, -0.1) is 0 Å². The Bertz CT molecular complexity index is 641. The summed E-state index contributed by atoms with van der Waals surface area (Å²) in [7, 11) is 0. The lowest BCUT2D eigenvalue weighted by molar-refractivity contribution is 0.0692. The number of hydrogen-bond acceptors (Lipinski definition) is 5. The Hall–Kier alpha value is -2.21. The van der Waals surface area contributed by atoms with E-state index >= 15 is 0 Å². The molecule has 20 heavy (non-hydrogen) atoms. The van der Waals surface area contributed by atoms with Gasteiger partial charge in [-0.1, -0.05) is 18.7 Å². The van der Waals surface area contributed by atoms with Crippen LogP contribution in [0.2, 0.25) is 0 Å². The maximum Gasteiger partial charge on any atom is 0.338 e. The topological polar surface area (TPSA) is 80.2 Å². The molecule has 5 nitrogen and oxygen atoms in total. The molecule has 0 aliphatic rings. The van der Waals surface area contributed by atoms with Crippen LogP contribution in [0.5, 0.6) is 0 Å². The Kier molecular flexibility index (Phi) is 4.47. The van der Waals surface area contributed by atoms with E-state index < -0.39 is 5.97 Å². The van der Waals surface area contributed by atoms with Crippen molar-refractivity contribution >= 4 is 23.5 Å². The van der Waals surface area contributed by atoms with Gasteiger partial charge in [-0.2, -0.15) is 0 Å². The van der Waals surface area contributed by atoms with Crippen molar-refractivity contribution in [1.82, 2.24) is 9.97 Å². The highest BCUT2D eigenvalue weighted by Gasteiger charge is 2.12. The summed E-state index contributed by atoms with van der Waals surface area (Å²) in [6.45, 7) is 1.78. The third kappa shape index (κ3) is 3.21. The van der Waals surface area contributed by atoms with Crippen molar-refractivity contribution < 1.29 is 14.7 Å². The molecule has 0 aliphatic heterocycles. The third-order valence-corrected chi connectivity index (χ3v) is 3.56. The zero-order valence-electron chi connectivity index (χ0n) is 10.7. The molecule has 0 fully saturated rings. The number of Topliss-reactive ketones (excluding diaryl/α,β-unsaturated/α-hetero) is 1. The van der Waals surface area contributed by atoms with Gasteiger partial charge in [0.1, 0.15) is 10.7 Å². The average molecular weight is 288 g/mol. The van der Waals surface area contributed by atoms with Crippen LogP contribution >= 0.6 is 11.8 Å². The molecule has 2 aromatic rings. The normalized spacial score (nSPS) is 10.2. The molecule has 2 heterocycles. The fourth-order valence-electron chi connectivity index (χ4n) is 1.53. The second kappa shape index (κ2) is 6.29. The van der Waals surface area contributed by atoms with Gasteiger partial charge in [0.2, 0.25) is 0 Å². The number of carbonyl (C=O) groups excluding carboxylic acids is 1. The van der Waals surface area contributed by atoms with E-state index in [4.69, 9.17) is 5.11 Å². The summed E-state index contributed by atoms with van der Waals surface area (Å²) in [4.78, 5) is 31.4. The summed E-state index contributed by atoms with van der Waals surface area (Å²) >= 11 is 1.20. The summed E-state index contributed by atoms with van der Waals surface area (Å²) in [6.07, 6.45) is 3.49. The van der Waals surface area contributed by atoms with Crippen molar-refractivity contribution in [2.24, 2.45) is 0 Å². The molecule has 6 heteroatoms. The van der Waals surface area contributed by atoms with Gasteiger partial charge >= 0.3 is 5.97 Å². The molecule has 0 bridgehead atoms. The summed E-state index contributed by atoms with van der Waals surface area (Å²) in [5.74, 6) is -1.04. The van der Waals surface area contributed by atoms with Crippen molar-refractivity contribution in [2.45, 2.75) is 23.3 Å². The summed E-state index contributed by atoms with van der Waals surface area (Å²) in [6, 6.07) is 6.45. The zero-order valence-corrected chi connectivity index (χ0v) is 11.6. The lowest BCUT2D eigenvalue weighted by Gasteiger charge is -2.04. The number of pyridine rings is 2. The smallest absolute Gasteiger partial charge is 0.338 e. The summed E-state index contributed by atoms with van der Waals surface area (Å²) < 4.78 is 0. The minimum atomic E-state index is -1.02. The fourth-order valence-corrected chi connectivity index (χ4v) is 2.38. The van der Waals surface area contributed by atoms with Crippen molar-refractivity contribution in [3.8, 4) is 0 Å². The van der Waals surface area contributed by atoms with Crippen molar-refractivity contribution in [2.75, 3.05) is 0 Å². The van der Waals surface area contributed by atoms with Gasteiger partial charge in [0, 0.05) is 23.7 Å². The third-order valence-electron chi connectivity index (χ3n) is 2.56. The second-order valence-corrected chi connectivity index (χ2v) is 4.98. The van der Waals surface area contributed by atoms with Gasteiger partial charge in [-0.3, -0.25) is 9.78 Å². The van der Waals surface area contributed by atoms with Gasteiger partial charge in [0.05, 0.1) is 5.56 Å². The predicted octanol–water partition coefficient (Wildman–Crippen LogP) is 2.92. The molecule has 0 radical (unpaired) electrons. The van der Waals surface area contributed by atoms with Crippen LogP contribution in [0.4, 0.5) is 0 Å². The van der Waals surface area contributed by atoms with E-state index in [2.05, 4.69) is 9.97 Å². The molecule has 0 saturated carbocycles. The predicted molar refractivity (Wildman–Crippen MR) is 74.2 cm³/mol. The quantitative estimate of drug-likeness (QED) is 0.852. The van der Waals surface area contributed by atoms with Crippen LogP contribution in [0.15, 0.2) is 46.6 Å². The van der Waals surface area contributed by atoms with Crippen LogP contribution in [0.3, 0.4) is 0 Å². The molecular formula is C14H12N2O3S. The Morgan fingerprint density at radius 1 is 1.25 bits per heavy atom. The molecule has 2 aromatic heterocycles. The highest BCUT2D eigenvalue weighted by Crippen LogP contribution is 2.28. The largest absolute Gasteiger partial charge is 0.478 e. The van der Waals surface area contributed by atoms with Crippen molar-refractivity contribution in [3.05, 3.63) is 47.9 Å². The average Bonchev–Trinajstić information content (AvgIpc) is 2.47. The first-order chi connectivity index (χ1) is 9.61. The van der Waals surface area contributed by atoms with Crippen LogP contribution in [0.1, 0.15) is 34.2 Å². The van der Waals surface area contributed by atoms with Gasteiger partial charge in [0.15, 0.2) is 5.78 Å². The molecular weight excluding hydrogens is 276 g/mol. The van der Waals surface area contributed by atoms with Crippen LogP contribution < -0.4 is 0 Å². The SMILES string of the molecule is CCC(=O)c1ccc(Sc2ncccc2C(=O)O)cn1. The van der Waals surface area contributed by atoms with E-state index in [0.717, 1.165) is 4.90 Å². The lowest BCUT2D eigenvalue weighted by atomic mass is 10.2. The van der Waals surface area contributed by atoms with E-state index in [1.807, 2.05) is 0 Å². The highest BCUT2D eigenvalue weighted by molar-refractivity contribution is 7.99. The Labute approximate surface area is 120 Å². The first-order valence-electron chi connectivity index (χ1n) is 5.97. The Morgan fingerprint density at radius 2 is 2.05 bits per heavy atom. The summed E-state index contributed by atoms with van der Waals surface area (Å²) in [5.41, 5.74) is 0.558. The van der Waals surface area contributed by atoms with Crippen molar-refractivity contribution in [1.29, 1.82) is 0 Å². The number of ketones is 1. The minimum absolute atomic E-state index is 0.0226. The van der Waals surface area contributed by atoms with Gasteiger partial charge in [-0.25, -0.2) is 9.78 Å². The number of carboxylic acid groups (broad SMARTS) is 1. The van der Waals surface area contributed by atoms with E-state index in [-0.39, 0.29) is 11.3 Å². The monoisotopic (exact) mass is 288 g/mol. The van der Waals surface area contributed by atoms with Crippen LogP contribution in [0.25, 0.3) is 0 Å². The molecule has 0 spiro atoms. The molecule has 2 rings (SSSR count). The molecule has 0 amide bonds. The molecule has 0 aromatic carbocycles. The first kappa shape index (κ1) is 14.2. The molecule has 102 valence electrons. The second-order valence-electron chi connectivity index (χ2n) is 3.92. The van der Waals surface area contributed by atoms with E-state index in [9.17, 15) is 9.59 Å². The van der Waals surface area contributed by atoms with Gasteiger partial charge < -0.3 is 5.11 Å². The Morgan fingerprint density at radius 3 is 2.65 bits per heavy atom. The van der Waals surface area contributed by atoms with E-state index in [0.29, 0.717) is 17.1 Å². The molecule has 0 unspecified atom stereocenters. The number of aromatic nitrogens is 2. The van der Waals surface area contributed by atoms with Gasteiger partial charge in [0.25, 0.3) is 0 Å². The lowest BCUT2D eigenvalue weighted by Crippen LogP contribution is -2.01. The summed E-state index contributed by atoms with van der Waals surface area (Å²) in [5, 5.41) is 9.48. The zero-order chi connectivity index (χ0) is 14.5. The van der Waals surface area contributed by atoms with Crippen LogP contribution in [-0.2, 0) is 0 Å². The molecule has 0 atom stereocenters.